The molecule has 1 aliphatic rings. The van der Waals surface area contributed by atoms with Crippen LogP contribution in [0.15, 0.2) is 12.1 Å². The highest BCUT2D eigenvalue weighted by atomic mass is 127. The van der Waals surface area contributed by atoms with Crippen molar-refractivity contribution in [3.05, 3.63) is 27.1 Å². The quantitative estimate of drug-likeness (QED) is 0.643. The normalized spacial score (nSPS) is 18.0. The maximum Gasteiger partial charge on any atom is 0.407 e. The highest BCUT2D eigenvalue weighted by Gasteiger charge is 2.24. The van der Waals surface area contributed by atoms with Crippen molar-refractivity contribution in [3.8, 4) is 0 Å². The van der Waals surface area contributed by atoms with E-state index in [0.717, 1.165) is 5.56 Å². The van der Waals surface area contributed by atoms with Crippen molar-refractivity contribution in [1.29, 1.82) is 0 Å². The van der Waals surface area contributed by atoms with Gasteiger partial charge in [-0.05, 0) is 60.1 Å². The Labute approximate surface area is 141 Å². The number of urea groups is 1. The molecule has 1 aromatic rings. The van der Waals surface area contributed by atoms with Gasteiger partial charge in [-0.2, -0.15) is 0 Å². The molecule has 1 aliphatic heterocycles. The van der Waals surface area contributed by atoms with E-state index in [9.17, 15) is 14.0 Å². The van der Waals surface area contributed by atoms with Crippen LogP contribution in [-0.2, 0) is 0 Å². The Morgan fingerprint density at radius 2 is 2.18 bits per heavy atom. The van der Waals surface area contributed by atoms with Gasteiger partial charge in [-0.25, -0.2) is 14.0 Å². The summed E-state index contributed by atoms with van der Waals surface area (Å²) in [5.41, 5.74) is 0.909. The number of nitrogens with one attached hydrogen (secondary N) is 2. The van der Waals surface area contributed by atoms with Crippen LogP contribution in [0.4, 0.5) is 19.7 Å². The molecule has 0 saturated carbocycles. The molecule has 22 heavy (non-hydrogen) atoms. The van der Waals surface area contributed by atoms with Crippen LogP contribution in [0.5, 0.6) is 0 Å². The molecule has 8 heteroatoms. The fourth-order valence-electron chi connectivity index (χ4n) is 2.42. The van der Waals surface area contributed by atoms with E-state index in [4.69, 9.17) is 5.11 Å². The average Bonchev–Trinajstić information content (AvgIpc) is 2.43. The van der Waals surface area contributed by atoms with Gasteiger partial charge in [0.15, 0.2) is 0 Å². The van der Waals surface area contributed by atoms with Gasteiger partial charge in [0.1, 0.15) is 5.82 Å². The first-order chi connectivity index (χ1) is 10.4. The standard InChI is InChI=1S/C14H17FIN3O3/c1-8-5-10(15)12(11(16)6-8)18-13(20)17-9-3-2-4-19(7-9)14(21)22/h5-6,9H,2-4,7H2,1H3,(H,21,22)(H2,17,18,20). The molecular weight excluding hydrogens is 404 g/mol. The first-order valence-corrected chi connectivity index (χ1v) is 7.95. The molecular formula is C14H17FIN3O3. The molecule has 120 valence electrons. The second kappa shape index (κ2) is 7.12. The van der Waals surface area contributed by atoms with Crippen molar-refractivity contribution >= 4 is 40.4 Å². The number of carbonyl (C=O) groups is 2. The smallest absolute Gasteiger partial charge is 0.407 e. The maximum atomic E-state index is 13.9. The van der Waals surface area contributed by atoms with E-state index < -0.39 is 17.9 Å². The Morgan fingerprint density at radius 3 is 2.82 bits per heavy atom. The van der Waals surface area contributed by atoms with Gasteiger partial charge in [0, 0.05) is 22.7 Å². The Balaban J connectivity index is 1.97. The van der Waals surface area contributed by atoms with E-state index in [-0.39, 0.29) is 18.3 Å². The molecule has 1 aromatic carbocycles. The number of nitrogens with zero attached hydrogens (tertiary/aromatic N) is 1. The van der Waals surface area contributed by atoms with Crippen molar-refractivity contribution in [1.82, 2.24) is 10.2 Å². The van der Waals surface area contributed by atoms with Crippen LogP contribution in [-0.4, -0.2) is 41.3 Å². The van der Waals surface area contributed by atoms with Crippen molar-refractivity contribution in [3.63, 3.8) is 0 Å². The summed E-state index contributed by atoms with van der Waals surface area (Å²) < 4.78 is 14.5. The van der Waals surface area contributed by atoms with Crippen LogP contribution < -0.4 is 10.6 Å². The topological polar surface area (TPSA) is 81.7 Å². The van der Waals surface area contributed by atoms with Crippen LogP contribution in [0, 0.1) is 16.3 Å². The summed E-state index contributed by atoms with van der Waals surface area (Å²) in [5.74, 6) is -0.490. The molecule has 0 aliphatic carbocycles. The minimum absolute atomic E-state index is 0.134. The first kappa shape index (κ1) is 16.8. The molecule has 0 radical (unpaired) electrons. The minimum Gasteiger partial charge on any atom is -0.465 e. The molecule has 1 heterocycles. The van der Waals surface area contributed by atoms with Gasteiger partial charge in [-0.1, -0.05) is 0 Å². The predicted molar refractivity (Wildman–Crippen MR) is 88.6 cm³/mol. The summed E-state index contributed by atoms with van der Waals surface area (Å²) in [6.45, 7) is 2.49. The summed E-state index contributed by atoms with van der Waals surface area (Å²) in [7, 11) is 0. The summed E-state index contributed by atoms with van der Waals surface area (Å²) in [5, 5.41) is 14.2. The van der Waals surface area contributed by atoms with Crippen LogP contribution in [0.1, 0.15) is 18.4 Å². The third-order valence-corrected chi connectivity index (χ3v) is 4.30. The highest BCUT2D eigenvalue weighted by molar-refractivity contribution is 14.1. The largest absolute Gasteiger partial charge is 0.465 e. The lowest BCUT2D eigenvalue weighted by atomic mass is 10.1. The van der Waals surface area contributed by atoms with Gasteiger partial charge in [0.05, 0.1) is 5.69 Å². The van der Waals surface area contributed by atoms with E-state index in [1.807, 2.05) is 22.6 Å². The lowest BCUT2D eigenvalue weighted by Crippen LogP contribution is -2.50. The maximum absolute atomic E-state index is 13.9. The number of piperidine rings is 1. The number of likely N-dealkylation sites (tertiary alicyclic amines) is 1. The third kappa shape index (κ3) is 4.21. The molecule has 0 spiro atoms. The molecule has 6 nitrogen and oxygen atoms in total. The number of amides is 3. The average molecular weight is 421 g/mol. The number of rotatable bonds is 2. The number of anilines is 1. The Bertz CT molecular complexity index is 574. The van der Waals surface area contributed by atoms with Gasteiger partial charge >= 0.3 is 12.1 Å². The second-order valence-electron chi connectivity index (χ2n) is 5.27. The van der Waals surface area contributed by atoms with E-state index >= 15 is 0 Å². The van der Waals surface area contributed by atoms with E-state index in [0.29, 0.717) is 23.0 Å². The first-order valence-electron chi connectivity index (χ1n) is 6.88. The van der Waals surface area contributed by atoms with E-state index in [1.54, 1.807) is 13.0 Å². The summed E-state index contributed by atoms with van der Waals surface area (Å²) in [6.07, 6.45) is 0.393. The summed E-state index contributed by atoms with van der Waals surface area (Å²) in [4.78, 5) is 24.2. The number of hydrogen-bond donors (Lipinski definition) is 3. The SMILES string of the molecule is Cc1cc(F)c(NC(=O)NC2CCCN(C(=O)O)C2)c(I)c1. The fourth-order valence-corrected chi connectivity index (χ4v) is 3.31. The fraction of sp³-hybridized carbons (Fsp3) is 0.429. The Kier molecular flexibility index (Phi) is 5.43. The van der Waals surface area contributed by atoms with E-state index in [2.05, 4.69) is 10.6 Å². The molecule has 1 atom stereocenters. The van der Waals surface area contributed by atoms with Crippen LogP contribution in [0.25, 0.3) is 0 Å². The molecule has 0 bridgehead atoms. The Hall–Kier alpha value is -1.58. The van der Waals surface area contributed by atoms with Gasteiger partial charge in [0.25, 0.3) is 0 Å². The van der Waals surface area contributed by atoms with Gasteiger partial charge < -0.3 is 20.6 Å². The van der Waals surface area contributed by atoms with Gasteiger partial charge in [-0.3, -0.25) is 0 Å². The lowest BCUT2D eigenvalue weighted by molar-refractivity contribution is 0.127. The monoisotopic (exact) mass is 421 g/mol. The molecule has 2 rings (SSSR count). The number of benzene rings is 1. The van der Waals surface area contributed by atoms with Crippen molar-refractivity contribution < 1.29 is 19.1 Å². The van der Waals surface area contributed by atoms with Crippen molar-refractivity contribution in [2.75, 3.05) is 18.4 Å². The van der Waals surface area contributed by atoms with Gasteiger partial charge in [-0.15, -0.1) is 0 Å². The lowest BCUT2D eigenvalue weighted by Gasteiger charge is -2.31. The van der Waals surface area contributed by atoms with Gasteiger partial charge in [0.2, 0.25) is 0 Å². The van der Waals surface area contributed by atoms with Crippen LogP contribution in [0.3, 0.4) is 0 Å². The molecule has 0 aromatic heterocycles. The van der Waals surface area contributed by atoms with E-state index in [1.165, 1.54) is 11.0 Å². The molecule has 1 fully saturated rings. The number of halogens is 2. The summed E-state index contributed by atoms with van der Waals surface area (Å²) in [6, 6.07) is 2.32. The van der Waals surface area contributed by atoms with Crippen molar-refractivity contribution in [2.24, 2.45) is 0 Å². The zero-order chi connectivity index (χ0) is 16.3. The van der Waals surface area contributed by atoms with Crippen LogP contribution in [0.2, 0.25) is 0 Å². The molecule has 3 N–H and O–H groups in total. The third-order valence-electron chi connectivity index (χ3n) is 3.45. The number of aryl methyl sites for hydroxylation is 1. The second-order valence-corrected chi connectivity index (χ2v) is 6.43. The number of hydrogen-bond acceptors (Lipinski definition) is 2. The van der Waals surface area contributed by atoms with Crippen molar-refractivity contribution in [2.45, 2.75) is 25.8 Å². The minimum atomic E-state index is -0.994. The van der Waals surface area contributed by atoms with Crippen LogP contribution >= 0.6 is 22.6 Å². The zero-order valence-electron chi connectivity index (χ0n) is 12.0. The Morgan fingerprint density at radius 1 is 1.45 bits per heavy atom. The highest BCUT2D eigenvalue weighted by Crippen LogP contribution is 2.23. The molecule has 1 unspecified atom stereocenters. The molecule has 1 saturated heterocycles. The number of carboxylic acid groups (broad SMARTS) is 1. The zero-order valence-corrected chi connectivity index (χ0v) is 14.2. The molecule has 3 amide bonds. The number of carbonyl (C=O) groups excluding carboxylic acids is 1. The summed E-state index contributed by atoms with van der Waals surface area (Å²) >= 11 is 1.96. The predicted octanol–water partition coefficient (Wildman–Crippen LogP) is 3.00.